The molecule has 1 N–H and O–H groups in total. The smallest absolute Gasteiger partial charge is 0.137 e. The fourth-order valence-corrected chi connectivity index (χ4v) is 1.46. The van der Waals surface area contributed by atoms with E-state index in [4.69, 9.17) is 11.6 Å². The molecule has 4 heteroatoms. The van der Waals surface area contributed by atoms with Crippen molar-refractivity contribution in [2.24, 2.45) is 0 Å². The van der Waals surface area contributed by atoms with Crippen LogP contribution < -0.4 is 5.32 Å². The molecule has 0 radical (unpaired) electrons. The molecule has 1 aromatic rings. The van der Waals surface area contributed by atoms with Crippen molar-refractivity contribution in [1.82, 2.24) is 9.97 Å². The van der Waals surface area contributed by atoms with Gasteiger partial charge in [0.05, 0.1) is 0 Å². The molecule has 0 aliphatic rings. The van der Waals surface area contributed by atoms with Gasteiger partial charge in [0.25, 0.3) is 0 Å². The molecule has 0 aliphatic carbocycles. The van der Waals surface area contributed by atoms with Gasteiger partial charge in [0.15, 0.2) is 0 Å². The predicted molar refractivity (Wildman–Crippen MR) is 73.8 cm³/mol. The van der Waals surface area contributed by atoms with Gasteiger partial charge in [0.1, 0.15) is 16.8 Å². The zero-order valence-electron chi connectivity index (χ0n) is 11.0. The van der Waals surface area contributed by atoms with Crippen molar-refractivity contribution in [2.45, 2.75) is 39.5 Å². The number of rotatable bonds is 4. The van der Waals surface area contributed by atoms with Gasteiger partial charge in [-0.1, -0.05) is 38.4 Å². The van der Waals surface area contributed by atoms with Crippen LogP contribution in [0.1, 0.15) is 38.6 Å². The van der Waals surface area contributed by atoms with Crippen molar-refractivity contribution in [3.05, 3.63) is 29.2 Å². The maximum absolute atomic E-state index is 6.13. The Kier molecular flexibility index (Phi) is 4.52. The maximum Gasteiger partial charge on any atom is 0.137 e. The number of hydrogen-bond donors (Lipinski definition) is 1. The Morgan fingerprint density at radius 1 is 1.35 bits per heavy atom. The van der Waals surface area contributed by atoms with E-state index in [1.807, 2.05) is 13.0 Å². The van der Waals surface area contributed by atoms with Crippen molar-refractivity contribution in [2.75, 3.05) is 11.9 Å². The van der Waals surface area contributed by atoms with Crippen molar-refractivity contribution < 1.29 is 0 Å². The van der Waals surface area contributed by atoms with Gasteiger partial charge in [-0.05, 0) is 13.3 Å². The lowest BCUT2D eigenvalue weighted by Crippen LogP contribution is -2.18. The van der Waals surface area contributed by atoms with Crippen LogP contribution in [0.5, 0.6) is 0 Å². The van der Waals surface area contributed by atoms with Crippen LogP contribution in [0.25, 0.3) is 0 Å². The highest BCUT2D eigenvalue weighted by atomic mass is 35.5. The average molecular weight is 254 g/mol. The molecule has 0 aliphatic heterocycles. The molecule has 0 saturated heterocycles. The minimum Gasteiger partial charge on any atom is -0.369 e. The highest BCUT2D eigenvalue weighted by Gasteiger charge is 2.20. The van der Waals surface area contributed by atoms with E-state index in [9.17, 15) is 0 Å². The Hall–Kier alpha value is -1.09. The Bertz CT molecular complexity index is 408. The highest BCUT2D eigenvalue weighted by Crippen LogP contribution is 2.25. The molecule has 0 saturated carbocycles. The molecule has 0 spiro atoms. The normalized spacial score (nSPS) is 11.4. The molecule has 94 valence electrons. The summed E-state index contributed by atoms with van der Waals surface area (Å²) in [6.45, 7) is 12.6. The van der Waals surface area contributed by atoms with Crippen LogP contribution in [0.15, 0.2) is 12.7 Å². The van der Waals surface area contributed by atoms with Gasteiger partial charge >= 0.3 is 0 Å². The van der Waals surface area contributed by atoms with Crippen LogP contribution in [-0.2, 0) is 5.41 Å². The van der Waals surface area contributed by atoms with Crippen molar-refractivity contribution in [3.8, 4) is 0 Å². The van der Waals surface area contributed by atoms with Crippen LogP contribution in [0, 0.1) is 6.92 Å². The predicted octanol–water partition coefficient (Wildman–Crippen LogP) is 3.72. The van der Waals surface area contributed by atoms with Gasteiger partial charge in [-0.15, -0.1) is 6.58 Å². The first kappa shape index (κ1) is 14.0. The summed E-state index contributed by atoms with van der Waals surface area (Å²) < 4.78 is 0. The summed E-state index contributed by atoms with van der Waals surface area (Å²) in [6.07, 6.45) is 2.77. The number of nitrogens with one attached hydrogen (secondary N) is 1. The van der Waals surface area contributed by atoms with Crippen molar-refractivity contribution in [3.63, 3.8) is 0 Å². The zero-order chi connectivity index (χ0) is 13.1. The Morgan fingerprint density at radius 2 is 2.00 bits per heavy atom. The molecule has 3 nitrogen and oxygen atoms in total. The quantitative estimate of drug-likeness (QED) is 0.505. The zero-order valence-corrected chi connectivity index (χ0v) is 11.7. The van der Waals surface area contributed by atoms with Gasteiger partial charge in [-0.3, -0.25) is 0 Å². The maximum atomic E-state index is 6.13. The fraction of sp³-hybridized carbons (Fsp3) is 0.538. The lowest BCUT2D eigenvalue weighted by molar-refractivity contribution is 0.545. The molecule has 1 aromatic heterocycles. The van der Waals surface area contributed by atoms with E-state index < -0.39 is 0 Å². The monoisotopic (exact) mass is 253 g/mol. The van der Waals surface area contributed by atoms with E-state index in [0.29, 0.717) is 5.15 Å². The van der Waals surface area contributed by atoms with Crippen molar-refractivity contribution >= 4 is 17.4 Å². The van der Waals surface area contributed by atoms with Gasteiger partial charge < -0.3 is 5.32 Å². The number of halogens is 1. The molecule has 0 unspecified atom stereocenters. The summed E-state index contributed by atoms with van der Waals surface area (Å²) in [4.78, 5) is 8.86. The van der Waals surface area contributed by atoms with Gasteiger partial charge in [-0.25, -0.2) is 9.97 Å². The topological polar surface area (TPSA) is 37.8 Å². The number of aromatic nitrogens is 2. The van der Waals surface area contributed by atoms with Crippen LogP contribution in [0.4, 0.5) is 5.82 Å². The summed E-state index contributed by atoms with van der Waals surface area (Å²) in [7, 11) is 0. The van der Waals surface area contributed by atoms with Crippen LogP contribution in [-0.4, -0.2) is 16.5 Å². The third-order valence-corrected chi connectivity index (χ3v) is 2.77. The summed E-state index contributed by atoms with van der Waals surface area (Å²) in [5, 5.41) is 3.78. The van der Waals surface area contributed by atoms with Gasteiger partial charge in [0, 0.05) is 17.5 Å². The number of hydrogen-bond acceptors (Lipinski definition) is 3. The molecule has 0 fully saturated rings. The first-order chi connectivity index (χ1) is 7.86. The summed E-state index contributed by atoms with van der Waals surface area (Å²) in [5.41, 5.74) is 0.787. The lowest BCUT2D eigenvalue weighted by atomic mass is 9.95. The first-order valence-electron chi connectivity index (χ1n) is 5.75. The average Bonchev–Trinajstić information content (AvgIpc) is 2.22. The Balaban J connectivity index is 3.03. The standard InChI is InChI=1S/C13H20ClN3/c1-6-7-8-15-11-9(2)10(14)16-12(17-11)13(3,4)5/h6H,1,7-8H2,2-5H3,(H,15,16,17). The largest absolute Gasteiger partial charge is 0.369 e. The molecule has 1 rings (SSSR count). The molecule has 0 aromatic carbocycles. The summed E-state index contributed by atoms with van der Waals surface area (Å²) in [6, 6.07) is 0. The number of anilines is 1. The van der Waals surface area contributed by atoms with E-state index in [1.54, 1.807) is 0 Å². The van der Waals surface area contributed by atoms with Crippen molar-refractivity contribution in [1.29, 1.82) is 0 Å². The second-order valence-corrected chi connectivity index (χ2v) is 5.42. The van der Waals surface area contributed by atoms with E-state index in [1.165, 1.54) is 0 Å². The van der Waals surface area contributed by atoms with Gasteiger partial charge in [0.2, 0.25) is 0 Å². The molecule has 0 amide bonds. The minimum absolute atomic E-state index is 0.105. The Morgan fingerprint density at radius 3 is 2.53 bits per heavy atom. The van der Waals surface area contributed by atoms with E-state index in [-0.39, 0.29) is 5.41 Å². The minimum atomic E-state index is -0.105. The molecule has 17 heavy (non-hydrogen) atoms. The second-order valence-electron chi connectivity index (χ2n) is 5.07. The SMILES string of the molecule is C=CCCNc1nc(C(C)(C)C)nc(Cl)c1C. The first-order valence-corrected chi connectivity index (χ1v) is 6.13. The number of nitrogens with zero attached hydrogens (tertiary/aromatic N) is 2. The highest BCUT2D eigenvalue weighted by molar-refractivity contribution is 6.30. The van der Waals surface area contributed by atoms with Crippen LogP contribution in [0.3, 0.4) is 0 Å². The summed E-state index contributed by atoms with van der Waals surface area (Å²) in [5.74, 6) is 1.57. The molecule has 0 bridgehead atoms. The van der Waals surface area contributed by atoms with Gasteiger partial charge in [-0.2, -0.15) is 0 Å². The molecule has 0 atom stereocenters. The molecule has 1 heterocycles. The van der Waals surface area contributed by atoms with Crippen LogP contribution in [0.2, 0.25) is 5.15 Å². The Labute approximate surface area is 108 Å². The van der Waals surface area contributed by atoms with E-state index in [0.717, 1.165) is 30.2 Å². The second kappa shape index (κ2) is 5.50. The fourth-order valence-electron chi connectivity index (χ4n) is 1.29. The molecular formula is C13H20ClN3. The third-order valence-electron chi connectivity index (χ3n) is 2.40. The lowest BCUT2D eigenvalue weighted by Gasteiger charge is -2.19. The third kappa shape index (κ3) is 3.70. The molecular weight excluding hydrogens is 234 g/mol. The summed E-state index contributed by atoms with van der Waals surface area (Å²) >= 11 is 6.13. The van der Waals surface area contributed by atoms with Crippen LogP contribution >= 0.6 is 11.6 Å². The van der Waals surface area contributed by atoms with E-state index >= 15 is 0 Å². The van der Waals surface area contributed by atoms with E-state index in [2.05, 4.69) is 42.6 Å².